The molecule has 1 aliphatic carbocycles. The lowest BCUT2D eigenvalue weighted by molar-refractivity contribution is -0.878. The van der Waals surface area contributed by atoms with Crippen LogP contribution in [-0.4, -0.2) is 38.6 Å². The molecule has 33 heavy (non-hydrogen) atoms. The number of ether oxygens (including phenoxy) is 1. The number of fused-ring (bicyclic) bond motifs is 1. The Hall–Kier alpha value is -2.38. The summed E-state index contributed by atoms with van der Waals surface area (Å²) < 4.78 is 5.41. The zero-order valence-corrected chi connectivity index (χ0v) is 21.0. The third kappa shape index (κ3) is 5.41. The van der Waals surface area contributed by atoms with E-state index in [1.165, 1.54) is 22.6 Å². The minimum absolute atomic E-state index is 0.00999. The van der Waals surface area contributed by atoms with Crippen LogP contribution < -0.4 is 20.3 Å². The van der Waals surface area contributed by atoms with Gasteiger partial charge >= 0.3 is 0 Å². The molecule has 178 valence electrons. The highest BCUT2D eigenvalue weighted by atomic mass is 32.1. The molecular weight excluding hydrogens is 434 g/mol. The number of thiophene rings is 1. The average Bonchev–Trinajstić information content (AvgIpc) is 3.40. The van der Waals surface area contributed by atoms with E-state index < -0.39 is 0 Å². The average molecular weight is 471 g/mol. The smallest absolute Gasteiger partial charge is 0.280 e. The number of carbonyl (C=O) groups is 2. The number of amides is 2. The molecular formula is C26H36N3O3S+. The van der Waals surface area contributed by atoms with Gasteiger partial charge < -0.3 is 20.3 Å². The molecule has 1 aromatic heterocycles. The van der Waals surface area contributed by atoms with Gasteiger partial charge in [-0.2, -0.15) is 0 Å². The molecule has 7 heteroatoms. The second kappa shape index (κ2) is 9.85. The summed E-state index contributed by atoms with van der Waals surface area (Å²) >= 11 is 1.58. The molecule has 0 spiro atoms. The monoisotopic (exact) mass is 470 g/mol. The fraction of sp³-hybridized carbons (Fsp3) is 0.538. The van der Waals surface area contributed by atoms with E-state index in [9.17, 15) is 9.59 Å². The number of quaternary nitrogens is 1. The normalized spacial score (nSPS) is 18.6. The molecule has 4 rings (SSSR count). The number of nitrogens with one attached hydrogen (secondary N) is 3. The molecule has 0 unspecified atom stereocenters. The van der Waals surface area contributed by atoms with Crippen molar-refractivity contribution in [1.29, 1.82) is 0 Å². The van der Waals surface area contributed by atoms with Crippen molar-refractivity contribution in [3.8, 4) is 5.75 Å². The van der Waals surface area contributed by atoms with Gasteiger partial charge in [0.1, 0.15) is 10.8 Å². The first kappa shape index (κ1) is 23.8. The van der Waals surface area contributed by atoms with Crippen LogP contribution in [0.15, 0.2) is 24.3 Å². The molecule has 0 bridgehead atoms. The van der Waals surface area contributed by atoms with Gasteiger partial charge in [0.25, 0.3) is 11.8 Å². The van der Waals surface area contributed by atoms with Crippen molar-refractivity contribution in [2.24, 2.45) is 11.3 Å². The molecule has 0 radical (unpaired) electrons. The van der Waals surface area contributed by atoms with Crippen LogP contribution >= 0.6 is 11.3 Å². The summed E-state index contributed by atoms with van der Waals surface area (Å²) in [6.07, 6.45) is 5.21. The lowest BCUT2D eigenvalue weighted by Gasteiger charge is -2.33. The molecule has 2 heterocycles. The zero-order chi connectivity index (χ0) is 23.6. The van der Waals surface area contributed by atoms with E-state index in [2.05, 4.69) is 31.4 Å². The Bertz CT molecular complexity index is 1020. The Morgan fingerprint density at radius 1 is 1.15 bits per heavy atom. The van der Waals surface area contributed by atoms with Crippen molar-refractivity contribution in [3.63, 3.8) is 0 Å². The van der Waals surface area contributed by atoms with Gasteiger partial charge in [-0.25, -0.2) is 0 Å². The van der Waals surface area contributed by atoms with Crippen molar-refractivity contribution >= 4 is 33.8 Å². The van der Waals surface area contributed by atoms with Gasteiger partial charge in [0.15, 0.2) is 6.54 Å². The van der Waals surface area contributed by atoms with Crippen LogP contribution in [0.5, 0.6) is 5.75 Å². The van der Waals surface area contributed by atoms with E-state index in [-0.39, 0.29) is 17.2 Å². The number of benzene rings is 1. The standard InChI is InChI=1S/C26H35N3O3S/c1-26(2,3)17-11-12-18-21(15-17)33-25(28-22(30)16-29-13-7-8-14-29)23(18)24(31)27-19-9-5-6-10-20(19)32-4/h5-6,9-10,17H,7-8,11-16H2,1-4H3,(H,27,31)(H,28,30)/p+1/t17-/m1/s1. The first-order chi connectivity index (χ1) is 15.8. The van der Waals surface area contributed by atoms with Gasteiger partial charge in [0.05, 0.1) is 31.5 Å². The van der Waals surface area contributed by atoms with Crippen LogP contribution in [0.2, 0.25) is 0 Å². The molecule has 6 nitrogen and oxygen atoms in total. The summed E-state index contributed by atoms with van der Waals surface area (Å²) in [6, 6.07) is 7.41. The summed E-state index contributed by atoms with van der Waals surface area (Å²) in [5.74, 6) is 0.983. The Morgan fingerprint density at radius 2 is 1.88 bits per heavy atom. The Balaban J connectivity index is 1.62. The minimum atomic E-state index is -0.185. The van der Waals surface area contributed by atoms with Crippen LogP contribution in [0.1, 0.15) is 60.8 Å². The van der Waals surface area contributed by atoms with Gasteiger partial charge in [-0.1, -0.05) is 32.9 Å². The maximum Gasteiger partial charge on any atom is 0.280 e. The van der Waals surface area contributed by atoms with E-state index in [1.807, 2.05) is 24.3 Å². The maximum absolute atomic E-state index is 13.5. The fourth-order valence-electron chi connectivity index (χ4n) is 5.04. The topological polar surface area (TPSA) is 71.9 Å². The van der Waals surface area contributed by atoms with Crippen LogP contribution in [0.3, 0.4) is 0 Å². The van der Waals surface area contributed by atoms with E-state index in [0.29, 0.717) is 34.5 Å². The number of para-hydroxylation sites is 2. The molecule has 1 fully saturated rings. The number of rotatable bonds is 6. The van der Waals surface area contributed by atoms with Crippen LogP contribution in [-0.2, 0) is 17.6 Å². The Labute approximate surface area is 200 Å². The first-order valence-corrected chi connectivity index (χ1v) is 12.8. The van der Waals surface area contributed by atoms with Crippen molar-refractivity contribution in [3.05, 3.63) is 40.3 Å². The molecule has 2 aromatic rings. The predicted molar refractivity (Wildman–Crippen MR) is 134 cm³/mol. The molecule has 2 aliphatic rings. The number of carbonyl (C=O) groups excluding carboxylic acids is 2. The van der Waals surface area contributed by atoms with Crippen molar-refractivity contribution in [2.75, 3.05) is 37.4 Å². The Morgan fingerprint density at radius 3 is 2.58 bits per heavy atom. The van der Waals surface area contributed by atoms with Crippen LogP contribution in [0.25, 0.3) is 0 Å². The molecule has 1 aromatic carbocycles. The van der Waals surface area contributed by atoms with Gasteiger partial charge in [0, 0.05) is 17.7 Å². The van der Waals surface area contributed by atoms with Crippen molar-refractivity contribution < 1.29 is 19.2 Å². The predicted octanol–water partition coefficient (Wildman–Crippen LogP) is 3.78. The molecule has 3 N–H and O–H groups in total. The van der Waals surface area contributed by atoms with Gasteiger partial charge in [-0.05, 0) is 48.3 Å². The quantitative estimate of drug-likeness (QED) is 0.602. The summed E-state index contributed by atoms with van der Waals surface area (Å²) in [5.41, 5.74) is 2.56. The molecule has 1 atom stereocenters. The number of hydrogen-bond donors (Lipinski definition) is 3. The van der Waals surface area contributed by atoms with E-state index >= 15 is 0 Å². The van der Waals surface area contributed by atoms with Crippen molar-refractivity contribution in [1.82, 2.24) is 0 Å². The molecule has 1 saturated heterocycles. The first-order valence-electron chi connectivity index (χ1n) is 12.0. The molecule has 0 saturated carbocycles. The second-order valence-electron chi connectivity index (χ2n) is 10.4. The van der Waals surface area contributed by atoms with E-state index in [4.69, 9.17) is 4.74 Å². The fourth-order valence-corrected chi connectivity index (χ4v) is 6.38. The molecule has 2 amide bonds. The van der Waals surface area contributed by atoms with Gasteiger partial charge in [0.2, 0.25) is 0 Å². The number of methoxy groups -OCH3 is 1. The lowest BCUT2D eigenvalue weighted by atomic mass is 9.72. The van der Waals surface area contributed by atoms with E-state index in [1.54, 1.807) is 18.4 Å². The molecule has 1 aliphatic heterocycles. The third-order valence-electron chi connectivity index (χ3n) is 7.05. The van der Waals surface area contributed by atoms with Gasteiger partial charge in [-0.3, -0.25) is 9.59 Å². The van der Waals surface area contributed by atoms with Crippen LogP contribution in [0, 0.1) is 11.3 Å². The highest BCUT2D eigenvalue weighted by Crippen LogP contribution is 2.44. The zero-order valence-electron chi connectivity index (χ0n) is 20.2. The second-order valence-corrected chi connectivity index (χ2v) is 11.5. The minimum Gasteiger partial charge on any atom is -0.495 e. The van der Waals surface area contributed by atoms with E-state index in [0.717, 1.165) is 37.9 Å². The number of anilines is 2. The maximum atomic E-state index is 13.5. The lowest BCUT2D eigenvalue weighted by Crippen LogP contribution is -3.11. The number of likely N-dealkylation sites (tertiary alicyclic amines) is 1. The Kier molecular flexibility index (Phi) is 7.10. The van der Waals surface area contributed by atoms with Crippen molar-refractivity contribution in [2.45, 2.75) is 52.9 Å². The highest BCUT2D eigenvalue weighted by Gasteiger charge is 2.34. The summed E-state index contributed by atoms with van der Waals surface area (Å²) in [6.45, 7) is 9.40. The summed E-state index contributed by atoms with van der Waals surface area (Å²) in [4.78, 5) is 28.9. The number of hydrogen-bond acceptors (Lipinski definition) is 4. The summed E-state index contributed by atoms with van der Waals surface area (Å²) in [5, 5.41) is 6.82. The summed E-state index contributed by atoms with van der Waals surface area (Å²) in [7, 11) is 1.59. The SMILES string of the molecule is COc1ccccc1NC(=O)c1c(NC(=O)C[NH+]2CCCC2)sc2c1CC[C@@H](C(C)(C)C)C2. The van der Waals surface area contributed by atoms with Gasteiger partial charge in [-0.15, -0.1) is 11.3 Å². The highest BCUT2D eigenvalue weighted by molar-refractivity contribution is 7.17. The van der Waals surface area contributed by atoms with Crippen LogP contribution in [0.4, 0.5) is 10.7 Å². The third-order valence-corrected chi connectivity index (χ3v) is 8.22. The largest absolute Gasteiger partial charge is 0.495 e.